The number of ether oxygens (including phenoxy) is 1. The van der Waals surface area contributed by atoms with Crippen LogP contribution in [0.1, 0.15) is 41.0 Å². The predicted molar refractivity (Wildman–Crippen MR) is 69.2 cm³/mol. The molecule has 1 aliphatic heterocycles. The molecule has 0 spiro atoms. The van der Waals surface area contributed by atoms with E-state index >= 15 is 0 Å². The Labute approximate surface area is 109 Å². The van der Waals surface area contributed by atoms with Crippen LogP contribution in [0.4, 0.5) is 4.79 Å². The third-order valence-corrected chi connectivity index (χ3v) is 2.74. The van der Waals surface area contributed by atoms with Crippen molar-refractivity contribution in [3.05, 3.63) is 0 Å². The molecular weight excluding hydrogens is 232 g/mol. The molecule has 1 unspecified atom stereocenters. The highest BCUT2D eigenvalue weighted by Gasteiger charge is 2.36. The summed E-state index contributed by atoms with van der Waals surface area (Å²) < 4.78 is 5.37. The van der Waals surface area contributed by atoms with Gasteiger partial charge >= 0.3 is 6.09 Å². The molecule has 0 bridgehead atoms. The largest absolute Gasteiger partial charge is 0.444 e. The molecule has 1 N–H and O–H groups in total. The minimum atomic E-state index is -0.540. The van der Waals surface area contributed by atoms with Gasteiger partial charge in [-0.3, -0.25) is 9.69 Å². The Morgan fingerprint density at radius 2 is 2.06 bits per heavy atom. The summed E-state index contributed by atoms with van der Waals surface area (Å²) >= 11 is 0. The first-order chi connectivity index (χ1) is 8.22. The summed E-state index contributed by atoms with van der Waals surface area (Å²) in [5.41, 5.74) is -0.540. The van der Waals surface area contributed by atoms with Gasteiger partial charge in [-0.1, -0.05) is 13.8 Å². The maximum absolute atomic E-state index is 12.2. The number of carbonyl (C=O) groups excluding carboxylic acids is 2. The first kappa shape index (κ1) is 14.8. The summed E-state index contributed by atoms with van der Waals surface area (Å²) in [6.07, 6.45) is 0.354. The van der Waals surface area contributed by atoms with Crippen LogP contribution in [0.5, 0.6) is 0 Å². The van der Waals surface area contributed by atoms with Crippen molar-refractivity contribution in [2.75, 3.05) is 13.1 Å². The second-order valence-corrected chi connectivity index (χ2v) is 6.01. The van der Waals surface area contributed by atoms with Crippen molar-refractivity contribution in [2.45, 2.75) is 52.7 Å². The van der Waals surface area contributed by atoms with Crippen molar-refractivity contribution in [1.29, 1.82) is 0 Å². The molecule has 1 saturated heterocycles. The number of hydrogen-bond acceptors (Lipinski definition) is 3. The lowest BCUT2D eigenvalue weighted by Crippen LogP contribution is -2.51. The normalized spacial score (nSPS) is 21.6. The summed E-state index contributed by atoms with van der Waals surface area (Å²) in [4.78, 5) is 25.7. The van der Waals surface area contributed by atoms with E-state index in [0.717, 1.165) is 6.42 Å². The average molecular weight is 256 g/mol. The molecule has 0 aromatic rings. The van der Waals surface area contributed by atoms with Gasteiger partial charge in [-0.05, 0) is 33.1 Å². The van der Waals surface area contributed by atoms with E-state index in [1.54, 1.807) is 4.90 Å². The molecule has 1 atom stereocenters. The van der Waals surface area contributed by atoms with Crippen LogP contribution in [0, 0.1) is 5.92 Å². The zero-order chi connectivity index (χ0) is 13.9. The lowest BCUT2D eigenvalue weighted by atomic mass is 10.0. The molecule has 5 heteroatoms. The number of amides is 2. The summed E-state index contributed by atoms with van der Waals surface area (Å²) in [5, 5.41) is 2.84. The van der Waals surface area contributed by atoms with Crippen LogP contribution in [0.25, 0.3) is 0 Å². The van der Waals surface area contributed by atoms with Gasteiger partial charge in [0.15, 0.2) is 0 Å². The van der Waals surface area contributed by atoms with Gasteiger partial charge in [0, 0.05) is 13.1 Å². The van der Waals surface area contributed by atoms with Crippen LogP contribution in [0.15, 0.2) is 0 Å². The first-order valence-electron chi connectivity index (χ1n) is 6.49. The van der Waals surface area contributed by atoms with Gasteiger partial charge in [-0.2, -0.15) is 0 Å². The summed E-state index contributed by atoms with van der Waals surface area (Å²) in [6, 6.07) is -0.442. The molecule has 2 amide bonds. The van der Waals surface area contributed by atoms with Crippen molar-refractivity contribution in [1.82, 2.24) is 10.2 Å². The summed E-state index contributed by atoms with van der Waals surface area (Å²) in [5.74, 6) is -0.0241. The van der Waals surface area contributed by atoms with Crippen LogP contribution in [0.2, 0.25) is 0 Å². The Morgan fingerprint density at radius 1 is 1.44 bits per heavy atom. The zero-order valence-electron chi connectivity index (χ0n) is 11.9. The number of carbonyl (C=O) groups is 2. The van der Waals surface area contributed by atoms with Gasteiger partial charge < -0.3 is 10.1 Å². The molecule has 0 radical (unpaired) electrons. The smallest absolute Gasteiger partial charge is 0.410 e. The van der Waals surface area contributed by atoms with Crippen LogP contribution in [0.3, 0.4) is 0 Å². The summed E-state index contributed by atoms with van der Waals surface area (Å²) in [6.45, 7) is 10.5. The molecule has 104 valence electrons. The molecule has 0 aromatic carbocycles. The molecule has 18 heavy (non-hydrogen) atoms. The number of hydrogen-bond donors (Lipinski definition) is 1. The topological polar surface area (TPSA) is 58.6 Å². The molecule has 0 aliphatic carbocycles. The van der Waals surface area contributed by atoms with Crippen LogP contribution < -0.4 is 5.32 Å². The quantitative estimate of drug-likeness (QED) is 0.778. The fourth-order valence-electron chi connectivity index (χ4n) is 2.03. The highest BCUT2D eigenvalue weighted by atomic mass is 16.6. The highest BCUT2D eigenvalue weighted by Crippen LogP contribution is 2.18. The second kappa shape index (κ2) is 5.59. The van der Waals surface area contributed by atoms with E-state index in [-0.39, 0.29) is 11.8 Å². The maximum atomic E-state index is 12.2. The third kappa shape index (κ3) is 3.89. The molecule has 1 aliphatic rings. The van der Waals surface area contributed by atoms with Crippen molar-refractivity contribution in [3.63, 3.8) is 0 Å². The monoisotopic (exact) mass is 256 g/mol. The Kier molecular flexibility index (Phi) is 4.59. The highest BCUT2D eigenvalue weighted by molar-refractivity contribution is 5.86. The van der Waals surface area contributed by atoms with Crippen LogP contribution in [-0.2, 0) is 9.53 Å². The molecule has 1 heterocycles. The van der Waals surface area contributed by atoms with E-state index in [2.05, 4.69) is 5.32 Å². The Balaban J connectivity index is 2.87. The van der Waals surface area contributed by atoms with E-state index in [4.69, 9.17) is 4.74 Å². The van der Waals surface area contributed by atoms with E-state index in [0.29, 0.717) is 13.1 Å². The lowest BCUT2D eigenvalue weighted by molar-refractivity contribution is -0.126. The molecule has 0 saturated carbocycles. The Bertz CT molecular complexity index is 321. The minimum Gasteiger partial charge on any atom is -0.444 e. The molecular formula is C13H24N2O3. The Hall–Kier alpha value is -1.26. The molecule has 1 fully saturated rings. The van der Waals surface area contributed by atoms with Gasteiger partial charge in [-0.15, -0.1) is 0 Å². The number of nitrogens with one attached hydrogen (secondary N) is 1. The van der Waals surface area contributed by atoms with Crippen molar-refractivity contribution >= 4 is 12.0 Å². The molecule has 1 rings (SSSR count). The van der Waals surface area contributed by atoms with Crippen molar-refractivity contribution in [3.8, 4) is 0 Å². The third-order valence-electron chi connectivity index (χ3n) is 2.74. The van der Waals surface area contributed by atoms with Crippen molar-refractivity contribution in [2.24, 2.45) is 5.92 Å². The van der Waals surface area contributed by atoms with E-state index in [9.17, 15) is 9.59 Å². The fraction of sp³-hybridized carbons (Fsp3) is 0.846. The first-order valence-corrected chi connectivity index (χ1v) is 6.49. The average Bonchev–Trinajstić information content (AvgIpc) is 2.36. The SMILES string of the molecule is CC(C)C1C(=O)NCCCN1C(=O)OC(C)(C)C. The zero-order valence-corrected chi connectivity index (χ0v) is 11.9. The van der Waals surface area contributed by atoms with Gasteiger partial charge in [-0.25, -0.2) is 4.79 Å². The maximum Gasteiger partial charge on any atom is 0.410 e. The fourth-order valence-corrected chi connectivity index (χ4v) is 2.03. The molecule has 0 aromatic heterocycles. The lowest BCUT2D eigenvalue weighted by Gasteiger charge is -2.32. The van der Waals surface area contributed by atoms with E-state index in [1.807, 2.05) is 34.6 Å². The van der Waals surface area contributed by atoms with Gasteiger partial charge in [0.05, 0.1) is 0 Å². The van der Waals surface area contributed by atoms with Gasteiger partial charge in [0.1, 0.15) is 11.6 Å². The number of rotatable bonds is 1. The molecule has 5 nitrogen and oxygen atoms in total. The van der Waals surface area contributed by atoms with E-state index < -0.39 is 17.7 Å². The predicted octanol–water partition coefficient (Wildman–Crippen LogP) is 1.77. The van der Waals surface area contributed by atoms with Gasteiger partial charge in [0.25, 0.3) is 0 Å². The summed E-state index contributed by atoms with van der Waals surface area (Å²) in [7, 11) is 0. The van der Waals surface area contributed by atoms with Gasteiger partial charge in [0.2, 0.25) is 5.91 Å². The van der Waals surface area contributed by atoms with E-state index in [1.165, 1.54) is 0 Å². The van der Waals surface area contributed by atoms with Crippen LogP contribution in [-0.4, -0.2) is 41.6 Å². The standard InChI is InChI=1S/C13H24N2O3/c1-9(2)10-11(16)14-7-6-8-15(10)12(17)18-13(3,4)5/h9-10H,6-8H2,1-5H3,(H,14,16). The van der Waals surface area contributed by atoms with Crippen LogP contribution >= 0.6 is 0 Å². The Morgan fingerprint density at radius 3 is 2.56 bits per heavy atom. The minimum absolute atomic E-state index is 0.0654. The second-order valence-electron chi connectivity index (χ2n) is 6.01. The van der Waals surface area contributed by atoms with Crippen molar-refractivity contribution < 1.29 is 14.3 Å². The number of nitrogens with zero attached hydrogens (tertiary/aromatic N) is 1.